The predicted molar refractivity (Wildman–Crippen MR) is 61.2 cm³/mol. The van der Waals surface area contributed by atoms with E-state index in [2.05, 4.69) is 0 Å². The molecule has 0 aromatic heterocycles. The third kappa shape index (κ3) is 2.12. The molecule has 0 saturated heterocycles. The molecule has 1 unspecified atom stereocenters. The summed E-state index contributed by atoms with van der Waals surface area (Å²) in [7, 11) is 1.81. The van der Waals surface area contributed by atoms with Gasteiger partial charge in [0.2, 0.25) is 0 Å². The van der Waals surface area contributed by atoms with E-state index in [9.17, 15) is 9.90 Å². The highest BCUT2D eigenvalue weighted by molar-refractivity contribution is 5.82. The number of rotatable bonds is 4. The molecule has 0 heterocycles. The third-order valence-electron chi connectivity index (χ3n) is 3.03. The summed E-state index contributed by atoms with van der Waals surface area (Å²) in [6.45, 7) is 3.62. The number of anilines is 1. The highest BCUT2D eigenvalue weighted by Gasteiger charge is 2.35. The Kier molecular flexibility index (Phi) is 3.35. The fraction of sp³-hybridized carbons (Fsp3) is 0.417. The minimum atomic E-state index is -0.846. The molecule has 0 aliphatic carbocycles. The van der Waals surface area contributed by atoms with Crippen molar-refractivity contribution in [2.75, 3.05) is 11.9 Å². The number of nitrogens with zero attached hydrogens (tertiary/aromatic N) is 1. The Bertz CT molecular complexity index is 337. The molecule has 1 N–H and O–H groups in total. The lowest BCUT2D eigenvalue weighted by Crippen LogP contribution is -2.50. The smallest absolute Gasteiger partial charge is 0.329 e. The van der Waals surface area contributed by atoms with Crippen molar-refractivity contribution in [2.24, 2.45) is 0 Å². The molecule has 1 aromatic rings. The molecule has 0 saturated carbocycles. The van der Waals surface area contributed by atoms with Gasteiger partial charge in [-0.25, -0.2) is 4.79 Å². The van der Waals surface area contributed by atoms with Gasteiger partial charge in [0.15, 0.2) is 0 Å². The van der Waals surface area contributed by atoms with Crippen LogP contribution in [0, 0.1) is 0 Å². The first-order chi connectivity index (χ1) is 7.02. The summed E-state index contributed by atoms with van der Waals surface area (Å²) in [4.78, 5) is 13.0. The second kappa shape index (κ2) is 4.34. The minimum Gasteiger partial charge on any atom is -0.480 e. The fourth-order valence-electron chi connectivity index (χ4n) is 1.47. The van der Waals surface area contributed by atoms with E-state index >= 15 is 0 Å². The van der Waals surface area contributed by atoms with E-state index in [-0.39, 0.29) is 0 Å². The molecule has 82 valence electrons. The molecule has 0 radical (unpaired) electrons. The van der Waals surface area contributed by atoms with E-state index in [4.69, 9.17) is 0 Å². The van der Waals surface area contributed by atoms with Crippen LogP contribution in [-0.4, -0.2) is 23.7 Å². The number of hydrogen-bond donors (Lipinski definition) is 1. The minimum absolute atomic E-state index is 0.563. The topological polar surface area (TPSA) is 40.5 Å². The third-order valence-corrected chi connectivity index (χ3v) is 3.03. The predicted octanol–water partition coefficient (Wildman–Crippen LogP) is 2.38. The van der Waals surface area contributed by atoms with Crippen LogP contribution in [0.4, 0.5) is 5.69 Å². The molecule has 0 fully saturated rings. The second-order valence-corrected chi connectivity index (χ2v) is 3.83. The largest absolute Gasteiger partial charge is 0.480 e. The Morgan fingerprint density at radius 1 is 1.40 bits per heavy atom. The first kappa shape index (κ1) is 11.6. The molecule has 15 heavy (non-hydrogen) atoms. The normalized spacial score (nSPS) is 14.3. The molecular weight excluding hydrogens is 190 g/mol. The van der Waals surface area contributed by atoms with E-state index in [0.29, 0.717) is 6.42 Å². The molecule has 1 rings (SSSR count). The highest BCUT2D eigenvalue weighted by Crippen LogP contribution is 2.24. The lowest BCUT2D eigenvalue weighted by atomic mass is 9.96. The van der Waals surface area contributed by atoms with Crippen LogP contribution in [0.25, 0.3) is 0 Å². The zero-order valence-electron chi connectivity index (χ0n) is 9.40. The molecule has 1 atom stereocenters. The average Bonchev–Trinajstić information content (AvgIpc) is 2.28. The molecule has 0 aliphatic heterocycles. The first-order valence-corrected chi connectivity index (χ1v) is 5.04. The molecule has 3 heteroatoms. The van der Waals surface area contributed by atoms with Crippen molar-refractivity contribution in [3.05, 3.63) is 30.3 Å². The lowest BCUT2D eigenvalue weighted by molar-refractivity contribution is -0.142. The van der Waals surface area contributed by atoms with Crippen LogP contribution < -0.4 is 4.90 Å². The van der Waals surface area contributed by atoms with Gasteiger partial charge in [-0.15, -0.1) is 0 Å². The van der Waals surface area contributed by atoms with Crippen LogP contribution in [0.3, 0.4) is 0 Å². The number of para-hydroxylation sites is 1. The Balaban J connectivity index is 3.02. The van der Waals surface area contributed by atoms with E-state index in [1.165, 1.54) is 0 Å². The van der Waals surface area contributed by atoms with Gasteiger partial charge in [0.1, 0.15) is 5.54 Å². The summed E-state index contributed by atoms with van der Waals surface area (Å²) < 4.78 is 0. The lowest BCUT2D eigenvalue weighted by Gasteiger charge is -2.36. The van der Waals surface area contributed by atoms with Crippen LogP contribution in [0.2, 0.25) is 0 Å². The van der Waals surface area contributed by atoms with Crippen LogP contribution in [0.5, 0.6) is 0 Å². The summed E-state index contributed by atoms with van der Waals surface area (Å²) in [6, 6.07) is 9.56. The molecule has 1 aromatic carbocycles. The SMILES string of the molecule is CCC(C)(C(=O)O)N(C)c1ccccc1. The number of carboxylic acids is 1. The van der Waals surface area contributed by atoms with Gasteiger partial charge < -0.3 is 10.0 Å². The van der Waals surface area contributed by atoms with Crippen LogP contribution in [0.15, 0.2) is 30.3 Å². The zero-order valence-corrected chi connectivity index (χ0v) is 9.40. The number of benzene rings is 1. The second-order valence-electron chi connectivity index (χ2n) is 3.83. The fourth-order valence-corrected chi connectivity index (χ4v) is 1.47. The van der Waals surface area contributed by atoms with Gasteiger partial charge in [-0.2, -0.15) is 0 Å². The molecular formula is C12H17NO2. The summed E-state index contributed by atoms with van der Waals surface area (Å²) in [6.07, 6.45) is 0.563. The van der Waals surface area contributed by atoms with Gasteiger partial charge in [-0.1, -0.05) is 25.1 Å². The molecule has 0 spiro atoms. The number of carboxylic acid groups (broad SMARTS) is 1. The monoisotopic (exact) mass is 207 g/mol. The first-order valence-electron chi connectivity index (χ1n) is 5.04. The van der Waals surface area contributed by atoms with Crippen LogP contribution >= 0.6 is 0 Å². The summed E-state index contributed by atoms with van der Waals surface area (Å²) in [5.74, 6) is -0.795. The average molecular weight is 207 g/mol. The summed E-state index contributed by atoms with van der Waals surface area (Å²) >= 11 is 0. The summed E-state index contributed by atoms with van der Waals surface area (Å²) in [5, 5.41) is 9.22. The van der Waals surface area contributed by atoms with Crippen molar-refractivity contribution >= 4 is 11.7 Å². The van der Waals surface area contributed by atoms with E-state index in [0.717, 1.165) is 5.69 Å². The Morgan fingerprint density at radius 3 is 2.33 bits per heavy atom. The van der Waals surface area contributed by atoms with Gasteiger partial charge in [0, 0.05) is 12.7 Å². The van der Waals surface area contributed by atoms with Crippen molar-refractivity contribution in [1.82, 2.24) is 0 Å². The number of aliphatic carboxylic acids is 1. The number of likely N-dealkylation sites (N-methyl/N-ethyl adjacent to an activating group) is 1. The van der Waals surface area contributed by atoms with Crippen LogP contribution in [0.1, 0.15) is 20.3 Å². The maximum absolute atomic E-state index is 11.2. The van der Waals surface area contributed by atoms with Crippen molar-refractivity contribution in [3.63, 3.8) is 0 Å². The molecule has 0 bridgehead atoms. The zero-order chi connectivity index (χ0) is 11.5. The van der Waals surface area contributed by atoms with Gasteiger partial charge in [0.05, 0.1) is 0 Å². The maximum atomic E-state index is 11.2. The van der Waals surface area contributed by atoms with Crippen molar-refractivity contribution in [2.45, 2.75) is 25.8 Å². The van der Waals surface area contributed by atoms with Crippen molar-refractivity contribution in [1.29, 1.82) is 0 Å². The maximum Gasteiger partial charge on any atom is 0.329 e. The van der Waals surface area contributed by atoms with Gasteiger partial charge >= 0.3 is 5.97 Å². The summed E-state index contributed by atoms with van der Waals surface area (Å²) in [5.41, 5.74) is 0.0747. The van der Waals surface area contributed by atoms with E-state index < -0.39 is 11.5 Å². The van der Waals surface area contributed by atoms with Crippen molar-refractivity contribution < 1.29 is 9.90 Å². The Labute approximate surface area is 90.3 Å². The van der Waals surface area contributed by atoms with Gasteiger partial charge in [0.25, 0.3) is 0 Å². The van der Waals surface area contributed by atoms with Crippen LogP contribution in [-0.2, 0) is 4.79 Å². The Morgan fingerprint density at radius 2 is 1.93 bits per heavy atom. The van der Waals surface area contributed by atoms with E-state index in [1.807, 2.05) is 44.3 Å². The van der Waals surface area contributed by atoms with Gasteiger partial charge in [-0.05, 0) is 25.5 Å². The van der Waals surface area contributed by atoms with E-state index in [1.54, 1.807) is 11.8 Å². The van der Waals surface area contributed by atoms with Crippen molar-refractivity contribution in [3.8, 4) is 0 Å². The molecule has 3 nitrogen and oxygen atoms in total. The molecule has 0 aliphatic rings. The Hall–Kier alpha value is -1.51. The van der Waals surface area contributed by atoms with Gasteiger partial charge in [-0.3, -0.25) is 0 Å². The highest BCUT2D eigenvalue weighted by atomic mass is 16.4. The standard InChI is InChI=1S/C12H17NO2/c1-4-12(2,11(14)15)13(3)10-8-6-5-7-9-10/h5-9H,4H2,1-3H3,(H,14,15). The molecule has 0 amide bonds. The number of hydrogen-bond acceptors (Lipinski definition) is 2. The quantitative estimate of drug-likeness (QED) is 0.824. The number of carbonyl (C=O) groups is 1.